The number of anilines is 1. The third-order valence-corrected chi connectivity index (χ3v) is 6.50. The molecule has 0 aliphatic carbocycles. The number of ether oxygens (including phenoxy) is 1. The molecule has 178 valence electrons. The van der Waals surface area contributed by atoms with Crippen LogP contribution in [0.5, 0.6) is 0 Å². The average molecular weight is 471 g/mol. The zero-order chi connectivity index (χ0) is 24.0. The van der Waals surface area contributed by atoms with E-state index in [1.165, 1.54) is 23.0 Å². The first-order chi connectivity index (χ1) is 16.3. The Bertz CT molecular complexity index is 1350. The fraction of sp³-hybridized carbons (Fsp3) is 0.375. The lowest BCUT2D eigenvalue weighted by molar-refractivity contribution is 0.0765. The Hall–Kier alpha value is -3.24. The van der Waals surface area contributed by atoms with Crippen molar-refractivity contribution >= 4 is 22.4 Å². The van der Waals surface area contributed by atoms with Crippen LogP contribution in [0.2, 0.25) is 0 Å². The number of aryl methyl sites for hydroxylation is 1. The van der Waals surface area contributed by atoms with Crippen LogP contribution in [0, 0.1) is 5.82 Å². The van der Waals surface area contributed by atoms with Crippen molar-refractivity contribution in [1.82, 2.24) is 19.9 Å². The normalized spacial score (nSPS) is 19.1. The number of rotatable bonds is 5. The van der Waals surface area contributed by atoms with Gasteiger partial charge in [0.2, 0.25) is 0 Å². The smallest absolute Gasteiger partial charge is 0.266 e. The maximum absolute atomic E-state index is 14.7. The molecule has 1 saturated heterocycles. The first-order valence-electron chi connectivity index (χ1n) is 11.1. The van der Waals surface area contributed by atoms with Crippen molar-refractivity contribution in [2.75, 3.05) is 25.0 Å². The summed E-state index contributed by atoms with van der Waals surface area (Å²) in [5.41, 5.74) is 2.26. The van der Waals surface area contributed by atoms with E-state index in [2.05, 4.69) is 20.6 Å². The minimum Gasteiger partial charge on any atom is -0.372 e. The fourth-order valence-corrected chi connectivity index (χ4v) is 4.66. The van der Waals surface area contributed by atoms with Gasteiger partial charge < -0.3 is 15.4 Å². The maximum Gasteiger partial charge on any atom is 0.266 e. The van der Waals surface area contributed by atoms with Crippen LogP contribution in [0.25, 0.3) is 16.6 Å². The molecule has 1 fully saturated rings. The van der Waals surface area contributed by atoms with Crippen LogP contribution in [0.15, 0.2) is 41.0 Å². The Morgan fingerprint density at radius 1 is 1.26 bits per heavy atom. The topological polar surface area (TPSA) is 81.1 Å². The second kappa shape index (κ2) is 8.84. The van der Waals surface area contributed by atoms with E-state index in [4.69, 9.17) is 4.74 Å². The van der Waals surface area contributed by atoms with Gasteiger partial charge in [0.15, 0.2) is 0 Å². The molecule has 3 aliphatic heterocycles. The van der Waals surface area contributed by atoms with Crippen molar-refractivity contribution < 1.29 is 17.9 Å². The Labute approximate surface area is 193 Å². The number of nitrogens with one attached hydrogen (secondary N) is 2. The second-order valence-electron chi connectivity index (χ2n) is 8.65. The highest BCUT2D eigenvalue weighted by atomic mass is 19.3. The summed E-state index contributed by atoms with van der Waals surface area (Å²) in [7, 11) is 1.65. The van der Waals surface area contributed by atoms with Crippen LogP contribution in [0.3, 0.4) is 0 Å². The van der Waals surface area contributed by atoms with Gasteiger partial charge in [-0.3, -0.25) is 9.36 Å². The van der Waals surface area contributed by atoms with Gasteiger partial charge in [0, 0.05) is 37.7 Å². The molecule has 0 radical (unpaired) electrons. The molecule has 0 spiro atoms. The summed E-state index contributed by atoms with van der Waals surface area (Å²) in [5, 5.41) is 7.05. The molecular formula is C24H24F3N5O2. The van der Waals surface area contributed by atoms with Gasteiger partial charge in [0.1, 0.15) is 23.6 Å². The molecule has 6 rings (SSSR count). The van der Waals surface area contributed by atoms with Gasteiger partial charge in [-0.1, -0.05) is 18.2 Å². The van der Waals surface area contributed by atoms with Gasteiger partial charge in [-0.15, -0.1) is 0 Å². The lowest BCUT2D eigenvalue weighted by atomic mass is 9.94. The van der Waals surface area contributed by atoms with E-state index < -0.39 is 23.8 Å². The lowest BCUT2D eigenvalue weighted by Gasteiger charge is -2.24. The van der Waals surface area contributed by atoms with Crippen molar-refractivity contribution in [2.45, 2.75) is 31.9 Å². The Kier molecular flexibility index (Phi) is 5.86. The van der Waals surface area contributed by atoms with E-state index in [1.54, 1.807) is 20.0 Å². The molecule has 2 atom stereocenters. The number of pyridine rings is 1. The third kappa shape index (κ3) is 3.86. The zero-order valence-electron chi connectivity index (χ0n) is 18.7. The van der Waals surface area contributed by atoms with Gasteiger partial charge in [-0.05, 0) is 24.1 Å². The zero-order valence-corrected chi connectivity index (χ0v) is 18.7. The number of aromatic nitrogens is 3. The van der Waals surface area contributed by atoms with Crippen molar-refractivity contribution in [2.24, 2.45) is 7.05 Å². The second-order valence-corrected chi connectivity index (χ2v) is 8.65. The maximum atomic E-state index is 14.7. The molecule has 2 bridgehead atoms. The molecular weight excluding hydrogens is 447 g/mol. The van der Waals surface area contributed by atoms with E-state index >= 15 is 0 Å². The minimum absolute atomic E-state index is 0.00335. The molecule has 3 aromatic rings. The number of benzene rings is 1. The molecule has 2 aromatic heterocycles. The lowest BCUT2D eigenvalue weighted by Crippen LogP contribution is -2.28. The highest BCUT2D eigenvalue weighted by Crippen LogP contribution is 2.33. The van der Waals surface area contributed by atoms with Gasteiger partial charge in [-0.2, -0.15) is 0 Å². The predicted molar refractivity (Wildman–Crippen MR) is 122 cm³/mol. The first-order valence-corrected chi connectivity index (χ1v) is 11.1. The fourth-order valence-electron chi connectivity index (χ4n) is 4.66. The number of nitrogens with zero attached hydrogens (tertiary/aromatic N) is 3. The molecule has 0 saturated carbocycles. The summed E-state index contributed by atoms with van der Waals surface area (Å²) in [4.78, 5) is 21.8. The summed E-state index contributed by atoms with van der Waals surface area (Å²) in [6.45, 7) is 3.52. The number of hydrogen-bond donors (Lipinski definition) is 2. The van der Waals surface area contributed by atoms with Crippen LogP contribution >= 0.6 is 0 Å². The molecule has 34 heavy (non-hydrogen) atoms. The highest BCUT2D eigenvalue weighted by molar-refractivity contribution is 5.90. The molecule has 3 aliphatic rings. The SMILES string of the molecule is C[C@@H](Nc1ncnc2c1cc(C1=C3CNC[C@H](C1)OC3)c(=O)n2C)c1cccc(C(F)F)c1F. The van der Waals surface area contributed by atoms with Crippen molar-refractivity contribution in [3.8, 4) is 0 Å². The largest absolute Gasteiger partial charge is 0.372 e. The quantitative estimate of drug-likeness (QED) is 0.591. The van der Waals surface area contributed by atoms with Crippen molar-refractivity contribution in [1.29, 1.82) is 0 Å². The van der Waals surface area contributed by atoms with E-state index in [-0.39, 0.29) is 17.2 Å². The van der Waals surface area contributed by atoms with Crippen molar-refractivity contribution in [3.63, 3.8) is 0 Å². The summed E-state index contributed by atoms with van der Waals surface area (Å²) < 4.78 is 48.4. The molecule has 5 heterocycles. The number of alkyl halides is 2. The van der Waals surface area contributed by atoms with Gasteiger partial charge >= 0.3 is 0 Å². The molecule has 2 N–H and O–H groups in total. The third-order valence-electron chi connectivity index (χ3n) is 6.50. The molecule has 0 amide bonds. The standard InChI is InChI=1S/C24H24F3N5O2/c1-12(15-4-3-5-16(20(15)25)21(26)27)31-22-19-7-18(24(33)32(2)23(19)30-11-29-22)17-6-14-9-28-8-13(17)10-34-14/h3-5,7,11-12,14,21,28H,6,8-10H2,1-2H3,(H,29,30,31)/t12-,14+/m1/s1. The monoisotopic (exact) mass is 471 g/mol. The molecule has 0 unspecified atom stereocenters. The number of hydrogen-bond acceptors (Lipinski definition) is 6. The summed E-state index contributed by atoms with van der Waals surface area (Å²) in [6.07, 6.45) is -0.972. The Balaban J connectivity index is 1.59. The van der Waals surface area contributed by atoms with E-state index in [0.717, 1.165) is 23.8 Å². The molecule has 10 heteroatoms. The van der Waals surface area contributed by atoms with Gasteiger partial charge in [-0.25, -0.2) is 23.1 Å². The summed E-state index contributed by atoms with van der Waals surface area (Å²) in [5.74, 6) is -0.562. The minimum atomic E-state index is -2.91. The summed E-state index contributed by atoms with van der Waals surface area (Å²) >= 11 is 0. The average Bonchev–Trinajstić information content (AvgIpc) is 3.17. The first kappa shape index (κ1) is 22.5. The molecule has 1 aromatic carbocycles. The predicted octanol–water partition coefficient (Wildman–Crippen LogP) is 3.72. The molecule has 7 nitrogen and oxygen atoms in total. The van der Waals surface area contributed by atoms with Gasteiger partial charge in [0.25, 0.3) is 12.0 Å². The van der Waals surface area contributed by atoms with Crippen LogP contribution in [0.4, 0.5) is 19.0 Å². The van der Waals surface area contributed by atoms with E-state index in [0.29, 0.717) is 42.0 Å². The van der Waals surface area contributed by atoms with Crippen molar-refractivity contribution in [3.05, 3.63) is 69.0 Å². The van der Waals surface area contributed by atoms with E-state index in [1.807, 2.05) is 0 Å². The Morgan fingerprint density at radius 2 is 2.06 bits per heavy atom. The van der Waals surface area contributed by atoms with Crippen LogP contribution < -0.4 is 16.2 Å². The van der Waals surface area contributed by atoms with Crippen LogP contribution in [0.1, 0.15) is 42.5 Å². The van der Waals surface area contributed by atoms with Crippen LogP contribution in [-0.4, -0.2) is 40.3 Å². The summed E-state index contributed by atoms with van der Waals surface area (Å²) in [6, 6.07) is 5.05. The number of fused-ring (bicyclic) bond motifs is 5. The number of halogens is 3. The highest BCUT2D eigenvalue weighted by Gasteiger charge is 2.28. The van der Waals surface area contributed by atoms with Gasteiger partial charge in [0.05, 0.1) is 29.7 Å². The van der Waals surface area contributed by atoms with Crippen LogP contribution in [-0.2, 0) is 11.8 Å². The Morgan fingerprint density at radius 3 is 2.85 bits per heavy atom. The van der Waals surface area contributed by atoms with E-state index in [9.17, 15) is 18.0 Å².